The lowest BCUT2D eigenvalue weighted by Gasteiger charge is -2.18. The molecule has 3 aromatic heterocycles. The largest absolute Gasteiger partial charge is 0.455 e. The van der Waals surface area contributed by atoms with Crippen LogP contribution in [-0.2, 0) is 0 Å². The summed E-state index contributed by atoms with van der Waals surface area (Å²) in [5, 5.41) is 16.8. The summed E-state index contributed by atoms with van der Waals surface area (Å²) in [6.07, 6.45) is 0. The number of para-hydroxylation sites is 5. The van der Waals surface area contributed by atoms with E-state index in [1.807, 2.05) is 0 Å². The lowest BCUT2D eigenvalue weighted by Crippen LogP contribution is -1.93. The molecule has 0 radical (unpaired) electrons. The molecule has 0 saturated heterocycles. The van der Waals surface area contributed by atoms with Gasteiger partial charge in [-0.15, -0.1) is 0 Å². The lowest BCUT2D eigenvalue weighted by atomic mass is 9.84. The molecule has 0 aliphatic heterocycles. The van der Waals surface area contributed by atoms with Gasteiger partial charge in [0.2, 0.25) is 0 Å². The van der Waals surface area contributed by atoms with Crippen LogP contribution in [0.5, 0.6) is 0 Å². The summed E-state index contributed by atoms with van der Waals surface area (Å²) in [6.45, 7) is 0. The van der Waals surface area contributed by atoms with E-state index in [-0.39, 0.29) is 0 Å². The number of aromatic nitrogens is 2. The Morgan fingerprint density at radius 3 is 1.03 bits per heavy atom. The molecule has 0 fully saturated rings. The van der Waals surface area contributed by atoms with E-state index in [9.17, 15) is 0 Å². The first-order valence-corrected chi connectivity index (χ1v) is 27.2. The highest BCUT2D eigenvalue weighted by atomic mass is 16.3. The van der Waals surface area contributed by atoms with E-state index in [1.165, 1.54) is 120 Å². The highest BCUT2D eigenvalue weighted by Gasteiger charge is 2.25. The van der Waals surface area contributed by atoms with Crippen LogP contribution in [-0.4, -0.2) is 9.13 Å². The maximum atomic E-state index is 7.26. The summed E-state index contributed by atoms with van der Waals surface area (Å²) in [7, 11) is 0. The van der Waals surface area contributed by atoms with Crippen molar-refractivity contribution in [1.82, 2.24) is 9.13 Å². The van der Waals surface area contributed by atoms with Crippen LogP contribution in [0.4, 0.5) is 0 Å². The minimum atomic E-state index is 0.866. The third kappa shape index (κ3) is 6.36. The normalized spacial score (nSPS) is 12.1. The van der Waals surface area contributed by atoms with Crippen LogP contribution in [0, 0.1) is 0 Å². The van der Waals surface area contributed by atoms with Crippen molar-refractivity contribution in [2.75, 3.05) is 0 Å². The molecule has 0 N–H and O–H groups in total. The second-order valence-corrected chi connectivity index (χ2v) is 21.0. The monoisotopic (exact) mass is 1000 g/mol. The molecule has 14 aromatic carbocycles. The molecule has 0 atom stereocenters. The predicted octanol–water partition coefficient (Wildman–Crippen LogP) is 21.1. The molecule has 17 aromatic rings. The fourth-order valence-electron chi connectivity index (χ4n) is 13.7. The van der Waals surface area contributed by atoms with Gasteiger partial charge in [-0.05, 0) is 143 Å². The van der Waals surface area contributed by atoms with Crippen LogP contribution in [0.1, 0.15) is 0 Å². The number of benzene rings is 14. The van der Waals surface area contributed by atoms with E-state index >= 15 is 0 Å². The molecule has 0 spiro atoms. The third-order valence-electron chi connectivity index (χ3n) is 16.9. The fourth-order valence-corrected chi connectivity index (χ4v) is 13.7. The van der Waals surface area contributed by atoms with Crippen molar-refractivity contribution in [3.05, 3.63) is 279 Å². The highest BCUT2D eigenvalue weighted by Crippen LogP contribution is 2.51. The van der Waals surface area contributed by atoms with E-state index in [4.69, 9.17) is 4.42 Å². The standard InChI is InChI=1S/C76H46N2O/c1-3-21-49(22-4-1)77-66-38-17-15-25-51(66)64-45-47(41-43-68(64)77)71-53-27-7-11-31-57(53)73(58-32-12-8-28-54(58)71)61-35-20-40-70-75(61)63-37-19-36-62(76(63)79-70)74-59-33-13-9-29-55(59)72(56-30-10-14-34-60(56)74)48-42-44-69-65(46-48)52-26-16-18-39-67(52)78(69)50-23-5-2-6-24-50/h1-46H. The maximum absolute atomic E-state index is 7.26. The summed E-state index contributed by atoms with van der Waals surface area (Å²) in [6, 6.07) is 102. The Morgan fingerprint density at radius 2 is 0.570 bits per heavy atom. The number of rotatable bonds is 6. The maximum Gasteiger partial charge on any atom is 0.143 e. The van der Waals surface area contributed by atoms with Crippen LogP contribution in [0.2, 0.25) is 0 Å². The molecule has 0 bridgehead atoms. The van der Waals surface area contributed by atoms with Crippen molar-refractivity contribution >= 4 is 109 Å². The topological polar surface area (TPSA) is 23.0 Å². The molecule has 0 aliphatic rings. The fraction of sp³-hybridized carbons (Fsp3) is 0. The molecule has 0 amide bonds. The van der Waals surface area contributed by atoms with Crippen molar-refractivity contribution < 1.29 is 4.42 Å². The van der Waals surface area contributed by atoms with Gasteiger partial charge in [-0.25, -0.2) is 0 Å². The van der Waals surface area contributed by atoms with Crippen molar-refractivity contribution in [1.29, 1.82) is 0 Å². The molecule has 366 valence electrons. The Balaban J connectivity index is 0.872. The molecular weight excluding hydrogens is 957 g/mol. The van der Waals surface area contributed by atoms with Gasteiger partial charge in [-0.1, -0.05) is 212 Å². The Bertz CT molecular complexity index is 5250. The van der Waals surface area contributed by atoms with E-state index in [1.54, 1.807) is 0 Å². The Kier molecular flexibility index (Phi) is 9.42. The molecule has 3 heteroatoms. The van der Waals surface area contributed by atoms with Gasteiger partial charge in [0.1, 0.15) is 11.2 Å². The van der Waals surface area contributed by atoms with Crippen LogP contribution in [0.25, 0.3) is 165 Å². The zero-order chi connectivity index (χ0) is 51.7. The minimum Gasteiger partial charge on any atom is -0.455 e. The van der Waals surface area contributed by atoms with Crippen molar-refractivity contribution in [3.63, 3.8) is 0 Å². The van der Waals surface area contributed by atoms with Gasteiger partial charge in [-0.2, -0.15) is 0 Å². The lowest BCUT2D eigenvalue weighted by molar-refractivity contribution is 0.670. The molecule has 0 aliphatic carbocycles. The van der Waals surface area contributed by atoms with Gasteiger partial charge in [0.25, 0.3) is 0 Å². The quantitative estimate of drug-likeness (QED) is 0.152. The molecule has 17 rings (SSSR count). The van der Waals surface area contributed by atoms with Crippen molar-refractivity contribution in [2.24, 2.45) is 0 Å². The average Bonchev–Trinajstić information content (AvgIpc) is 4.41. The van der Waals surface area contributed by atoms with Crippen LogP contribution in [0.15, 0.2) is 283 Å². The Hall–Kier alpha value is -10.5. The van der Waals surface area contributed by atoms with Gasteiger partial charge < -0.3 is 13.6 Å². The third-order valence-corrected chi connectivity index (χ3v) is 16.9. The summed E-state index contributed by atoms with van der Waals surface area (Å²) in [5.74, 6) is 0. The van der Waals surface area contributed by atoms with Crippen LogP contribution >= 0.6 is 0 Å². The van der Waals surface area contributed by atoms with Gasteiger partial charge in [0.05, 0.1) is 22.1 Å². The zero-order valence-electron chi connectivity index (χ0n) is 42.9. The Labute approximate surface area is 454 Å². The van der Waals surface area contributed by atoms with Crippen LogP contribution in [0.3, 0.4) is 0 Å². The molecule has 0 saturated carbocycles. The zero-order valence-corrected chi connectivity index (χ0v) is 42.9. The summed E-state index contributed by atoms with van der Waals surface area (Å²) >= 11 is 0. The SMILES string of the molecule is c1ccc(-n2c3ccccc3c3cc(-c4c5ccccc5c(-c5cccc6c5oc5cccc(-c7c8ccccc8c(-c8ccc9c(c8)c8ccccc8n9-c8ccccc8)c8ccccc78)c56)c5ccccc45)ccc32)cc1. The molecule has 79 heavy (non-hydrogen) atoms. The number of fused-ring (bicyclic) bond motifs is 13. The van der Waals surface area contributed by atoms with Crippen molar-refractivity contribution in [2.45, 2.75) is 0 Å². The van der Waals surface area contributed by atoms with Crippen molar-refractivity contribution in [3.8, 4) is 55.9 Å². The first-order valence-electron chi connectivity index (χ1n) is 27.2. The number of furan rings is 1. The summed E-state index contributed by atoms with van der Waals surface area (Å²) < 4.78 is 12.0. The van der Waals surface area contributed by atoms with E-state index in [0.29, 0.717) is 0 Å². The molecule has 3 heterocycles. The average molecular weight is 1000 g/mol. The summed E-state index contributed by atoms with van der Waals surface area (Å²) in [4.78, 5) is 0. The van der Waals surface area contributed by atoms with Gasteiger partial charge in [-0.3, -0.25) is 0 Å². The summed E-state index contributed by atoms with van der Waals surface area (Å²) in [5.41, 5.74) is 18.3. The van der Waals surface area contributed by atoms with Gasteiger partial charge in [0, 0.05) is 54.8 Å². The first-order chi connectivity index (χ1) is 39.2. The number of hydrogen-bond acceptors (Lipinski definition) is 1. The number of nitrogens with zero attached hydrogens (tertiary/aromatic N) is 2. The molecule has 0 unspecified atom stereocenters. The van der Waals surface area contributed by atoms with Gasteiger partial charge in [0.15, 0.2) is 0 Å². The van der Waals surface area contributed by atoms with E-state index in [0.717, 1.165) is 44.4 Å². The first kappa shape index (κ1) is 43.7. The van der Waals surface area contributed by atoms with Crippen LogP contribution < -0.4 is 0 Å². The molecule has 3 nitrogen and oxygen atoms in total. The van der Waals surface area contributed by atoms with E-state index < -0.39 is 0 Å². The second-order valence-electron chi connectivity index (χ2n) is 21.0. The second kappa shape index (κ2) is 17.0. The van der Waals surface area contributed by atoms with E-state index in [2.05, 4.69) is 288 Å². The smallest absolute Gasteiger partial charge is 0.143 e. The Morgan fingerprint density at radius 1 is 0.228 bits per heavy atom. The minimum absolute atomic E-state index is 0.866. The van der Waals surface area contributed by atoms with Gasteiger partial charge >= 0.3 is 0 Å². The number of hydrogen-bond donors (Lipinski definition) is 0. The molecular formula is C76H46N2O. The predicted molar refractivity (Wildman–Crippen MR) is 334 cm³/mol. The highest BCUT2D eigenvalue weighted by molar-refractivity contribution is 6.29.